The molecule has 7 heteroatoms. The lowest BCUT2D eigenvalue weighted by atomic mass is 10.1. The number of carbonyl (C=O) groups is 1. The molecule has 0 atom stereocenters. The number of likely N-dealkylation sites (N-methyl/N-ethyl adjacent to an activating group) is 1. The molecule has 0 aliphatic rings. The van der Waals surface area contributed by atoms with E-state index in [9.17, 15) is 4.79 Å². The first-order valence-corrected chi connectivity index (χ1v) is 8.64. The van der Waals surface area contributed by atoms with E-state index in [1.165, 1.54) is 13.2 Å². The first-order chi connectivity index (χ1) is 12.5. The fourth-order valence-electron chi connectivity index (χ4n) is 2.52. The number of rotatable bonds is 7. The average molecular weight is 376 g/mol. The number of halogens is 1. The first kappa shape index (κ1) is 19.9. The number of methoxy groups -OCH3 is 1. The molecule has 0 spiro atoms. The van der Waals surface area contributed by atoms with Gasteiger partial charge in [0.15, 0.2) is 0 Å². The summed E-state index contributed by atoms with van der Waals surface area (Å²) in [7, 11) is 1.30. The van der Waals surface area contributed by atoms with Crippen molar-refractivity contribution >= 4 is 34.6 Å². The lowest BCUT2D eigenvalue weighted by Gasteiger charge is -2.22. The molecule has 1 N–H and O–H groups in total. The third-order valence-electron chi connectivity index (χ3n) is 3.93. The second-order valence-corrected chi connectivity index (χ2v) is 6.06. The Morgan fingerprint density at radius 1 is 1.19 bits per heavy atom. The van der Waals surface area contributed by atoms with Gasteiger partial charge in [-0.1, -0.05) is 11.6 Å². The van der Waals surface area contributed by atoms with Crippen LogP contribution in [-0.2, 0) is 4.74 Å². The summed E-state index contributed by atoms with van der Waals surface area (Å²) in [4.78, 5) is 13.9. The quantitative estimate of drug-likeness (QED) is 0.563. The van der Waals surface area contributed by atoms with E-state index in [1.54, 1.807) is 12.1 Å². The summed E-state index contributed by atoms with van der Waals surface area (Å²) in [5.41, 5.74) is 3.30. The van der Waals surface area contributed by atoms with E-state index in [2.05, 4.69) is 15.1 Å². The highest BCUT2D eigenvalue weighted by molar-refractivity contribution is 6.31. The zero-order chi connectivity index (χ0) is 19.1. The molecule has 2 rings (SSSR count). The summed E-state index contributed by atoms with van der Waals surface area (Å²) in [5, 5.41) is 18.0. The Morgan fingerprint density at radius 2 is 1.88 bits per heavy atom. The van der Waals surface area contributed by atoms with Gasteiger partial charge in [0.2, 0.25) is 0 Å². The summed E-state index contributed by atoms with van der Waals surface area (Å²) < 4.78 is 4.76. The SMILES string of the molecule is CCN(CCO)c1ccc(N=Nc2ccc(Cl)cc2C(=O)OC)c(C)c1. The van der Waals surface area contributed by atoms with Crippen LogP contribution in [0.25, 0.3) is 0 Å². The van der Waals surface area contributed by atoms with E-state index < -0.39 is 5.97 Å². The van der Waals surface area contributed by atoms with E-state index >= 15 is 0 Å². The van der Waals surface area contributed by atoms with Crippen LogP contribution in [0.4, 0.5) is 17.1 Å². The predicted octanol–water partition coefficient (Wildman–Crippen LogP) is 4.67. The van der Waals surface area contributed by atoms with Gasteiger partial charge in [-0.15, -0.1) is 5.11 Å². The number of hydrogen-bond acceptors (Lipinski definition) is 6. The van der Waals surface area contributed by atoms with Crippen LogP contribution in [0.15, 0.2) is 46.6 Å². The number of benzene rings is 2. The molecule has 0 heterocycles. The number of carbonyl (C=O) groups excluding carboxylic acids is 1. The van der Waals surface area contributed by atoms with E-state index in [-0.39, 0.29) is 12.2 Å². The van der Waals surface area contributed by atoms with E-state index in [4.69, 9.17) is 21.4 Å². The minimum absolute atomic E-state index is 0.0984. The minimum Gasteiger partial charge on any atom is -0.465 e. The lowest BCUT2D eigenvalue weighted by molar-refractivity contribution is 0.0601. The van der Waals surface area contributed by atoms with E-state index in [0.29, 0.717) is 22.9 Å². The topological polar surface area (TPSA) is 74.5 Å². The van der Waals surface area contributed by atoms with Crippen molar-refractivity contribution in [2.75, 3.05) is 31.7 Å². The van der Waals surface area contributed by atoms with Crippen molar-refractivity contribution in [2.24, 2.45) is 10.2 Å². The van der Waals surface area contributed by atoms with E-state index in [0.717, 1.165) is 17.8 Å². The molecule has 2 aromatic rings. The Kier molecular flexibility index (Phi) is 7.12. The van der Waals surface area contributed by atoms with Crippen LogP contribution >= 0.6 is 11.6 Å². The molecule has 26 heavy (non-hydrogen) atoms. The number of nitrogens with zero attached hydrogens (tertiary/aromatic N) is 3. The van der Waals surface area contributed by atoms with Crippen LogP contribution < -0.4 is 4.90 Å². The second kappa shape index (κ2) is 9.31. The summed E-state index contributed by atoms with van der Waals surface area (Å²) in [6.07, 6.45) is 0. The minimum atomic E-state index is -0.517. The van der Waals surface area contributed by atoms with E-state index in [1.807, 2.05) is 32.0 Å². The monoisotopic (exact) mass is 375 g/mol. The van der Waals surface area contributed by atoms with Gasteiger partial charge in [-0.05, 0) is 55.8 Å². The van der Waals surface area contributed by atoms with Gasteiger partial charge in [0.1, 0.15) is 5.69 Å². The Morgan fingerprint density at radius 3 is 2.50 bits per heavy atom. The van der Waals surface area contributed by atoms with Gasteiger partial charge < -0.3 is 14.7 Å². The van der Waals surface area contributed by atoms with Crippen molar-refractivity contribution in [1.82, 2.24) is 0 Å². The Bertz CT molecular complexity index is 809. The highest BCUT2D eigenvalue weighted by Crippen LogP contribution is 2.29. The van der Waals surface area contributed by atoms with Gasteiger partial charge in [-0.2, -0.15) is 5.11 Å². The van der Waals surface area contributed by atoms with Crippen LogP contribution in [0.1, 0.15) is 22.8 Å². The van der Waals surface area contributed by atoms with Gasteiger partial charge in [0, 0.05) is 23.8 Å². The number of anilines is 1. The van der Waals surface area contributed by atoms with Gasteiger partial charge in [0.05, 0.1) is 25.0 Å². The number of aryl methyl sites for hydroxylation is 1. The second-order valence-electron chi connectivity index (χ2n) is 5.63. The molecule has 2 aromatic carbocycles. The van der Waals surface area contributed by atoms with Gasteiger partial charge in [-0.3, -0.25) is 0 Å². The Hall–Kier alpha value is -2.44. The number of ether oxygens (including phenoxy) is 1. The third kappa shape index (κ3) is 4.80. The van der Waals surface area contributed by atoms with Crippen LogP contribution in [0.5, 0.6) is 0 Å². The molecule has 0 unspecified atom stereocenters. The largest absolute Gasteiger partial charge is 0.465 e. The molecule has 0 aromatic heterocycles. The van der Waals surface area contributed by atoms with Gasteiger partial charge in [0.25, 0.3) is 0 Å². The van der Waals surface area contributed by atoms with Gasteiger partial charge in [-0.25, -0.2) is 4.79 Å². The van der Waals surface area contributed by atoms with Gasteiger partial charge >= 0.3 is 5.97 Å². The fourth-order valence-corrected chi connectivity index (χ4v) is 2.69. The summed E-state index contributed by atoms with van der Waals surface area (Å²) in [6.45, 7) is 5.45. The number of esters is 1. The first-order valence-electron chi connectivity index (χ1n) is 8.26. The molecule has 0 saturated heterocycles. The van der Waals surface area contributed by atoms with Crippen LogP contribution in [0.3, 0.4) is 0 Å². The molecule has 0 fully saturated rings. The molecule has 0 aliphatic heterocycles. The summed E-state index contributed by atoms with van der Waals surface area (Å²) in [5.74, 6) is -0.517. The van der Waals surface area contributed by atoms with Crippen LogP contribution in [0.2, 0.25) is 5.02 Å². The zero-order valence-electron chi connectivity index (χ0n) is 15.1. The number of hydrogen-bond donors (Lipinski definition) is 1. The highest BCUT2D eigenvalue weighted by atomic mass is 35.5. The average Bonchev–Trinajstić information content (AvgIpc) is 2.65. The molecule has 6 nitrogen and oxygen atoms in total. The van der Waals surface area contributed by atoms with Crippen molar-refractivity contribution in [2.45, 2.75) is 13.8 Å². The Labute approximate surface area is 158 Å². The standard InChI is InChI=1S/C19H22ClN3O3/c1-4-23(9-10-24)15-6-8-17(13(2)11-15)21-22-18-7-5-14(20)12-16(18)19(25)26-3/h5-8,11-12,24H,4,9-10H2,1-3H3. The van der Waals surface area contributed by atoms with Crippen molar-refractivity contribution in [3.05, 3.63) is 52.5 Å². The molecule has 0 radical (unpaired) electrons. The zero-order valence-corrected chi connectivity index (χ0v) is 15.8. The molecule has 0 bridgehead atoms. The smallest absolute Gasteiger partial charge is 0.340 e. The summed E-state index contributed by atoms with van der Waals surface area (Å²) >= 11 is 5.94. The fraction of sp³-hybridized carbons (Fsp3) is 0.316. The molecule has 0 amide bonds. The molecular formula is C19H22ClN3O3. The van der Waals surface area contributed by atoms with Crippen molar-refractivity contribution in [3.8, 4) is 0 Å². The normalized spacial score (nSPS) is 11.0. The van der Waals surface area contributed by atoms with Crippen molar-refractivity contribution < 1.29 is 14.6 Å². The van der Waals surface area contributed by atoms with Crippen LogP contribution in [0, 0.1) is 6.92 Å². The maximum absolute atomic E-state index is 11.9. The maximum atomic E-state index is 11.9. The number of azo groups is 1. The Balaban J connectivity index is 2.30. The molecule has 138 valence electrons. The van der Waals surface area contributed by atoms with Crippen LogP contribution in [-0.4, -0.2) is 37.9 Å². The molecule has 0 aliphatic carbocycles. The van der Waals surface area contributed by atoms with Crippen molar-refractivity contribution in [3.63, 3.8) is 0 Å². The third-order valence-corrected chi connectivity index (χ3v) is 4.16. The lowest BCUT2D eigenvalue weighted by Crippen LogP contribution is -2.26. The predicted molar refractivity (Wildman–Crippen MR) is 103 cm³/mol. The molecular weight excluding hydrogens is 354 g/mol. The summed E-state index contributed by atoms with van der Waals surface area (Å²) in [6, 6.07) is 10.6. The maximum Gasteiger partial charge on any atom is 0.340 e. The highest BCUT2D eigenvalue weighted by Gasteiger charge is 2.13. The number of aliphatic hydroxyl groups excluding tert-OH is 1. The van der Waals surface area contributed by atoms with Crippen molar-refractivity contribution in [1.29, 1.82) is 0 Å². The number of aliphatic hydroxyl groups is 1. The molecule has 0 saturated carbocycles.